The summed E-state index contributed by atoms with van der Waals surface area (Å²) in [4.78, 5) is 14.5. The second-order valence-corrected chi connectivity index (χ2v) is 10.1. The Labute approximate surface area is 158 Å². The average Bonchev–Trinajstić information content (AvgIpc) is 2.93. The van der Waals surface area contributed by atoms with E-state index in [0.29, 0.717) is 13.1 Å². The third-order valence-corrected chi connectivity index (χ3v) is 6.45. The third-order valence-electron chi connectivity index (χ3n) is 6.45. The Morgan fingerprint density at radius 3 is 2.12 bits per heavy atom. The van der Waals surface area contributed by atoms with Gasteiger partial charge < -0.3 is 23.7 Å². The van der Waals surface area contributed by atoms with Gasteiger partial charge in [-0.15, -0.1) is 0 Å². The smallest absolute Gasteiger partial charge is 0.444 e. The maximum Gasteiger partial charge on any atom is 0.463 e. The Balaban J connectivity index is 1.82. The minimum atomic E-state index is -0.498. The van der Waals surface area contributed by atoms with Crippen LogP contribution in [0, 0.1) is 5.41 Å². The molecule has 26 heavy (non-hydrogen) atoms. The molecule has 0 N–H and O–H groups in total. The van der Waals surface area contributed by atoms with Gasteiger partial charge in [-0.05, 0) is 66.7 Å². The topological polar surface area (TPSA) is 57.2 Å². The van der Waals surface area contributed by atoms with E-state index in [9.17, 15) is 4.79 Å². The Bertz CT molecular complexity index is 535. The molecule has 0 saturated carbocycles. The molecule has 7 heteroatoms. The number of rotatable bonds is 1. The Morgan fingerprint density at radius 2 is 1.62 bits per heavy atom. The van der Waals surface area contributed by atoms with Crippen LogP contribution in [0.3, 0.4) is 0 Å². The van der Waals surface area contributed by atoms with Gasteiger partial charge in [0.05, 0.1) is 11.2 Å². The fourth-order valence-electron chi connectivity index (χ4n) is 4.19. The number of hydrogen-bond acceptors (Lipinski definition) is 5. The third kappa shape index (κ3) is 3.63. The van der Waals surface area contributed by atoms with Crippen molar-refractivity contribution in [2.24, 2.45) is 5.41 Å². The van der Waals surface area contributed by atoms with Gasteiger partial charge in [0.1, 0.15) is 5.60 Å². The van der Waals surface area contributed by atoms with Crippen LogP contribution in [0.1, 0.15) is 61.3 Å². The maximum atomic E-state index is 12.7. The quantitative estimate of drug-likeness (QED) is 0.664. The lowest BCUT2D eigenvalue weighted by Crippen LogP contribution is -2.41. The molecule has 3 aliphatic rings. The highest BCUT2D eigenvalue weighted by Gasteiger charge is 2.61. The first kappa shape index (κ1) is 20.0. The second kappa shape index (κ2) is 6.38. The van der Waals surface area contributed by atoms with Crippen LogP contribution in [0.2, 0.25) is 5.82 Å². The molecule has 0 aliphatic carbocycles. The van der Waals surface area contributed by atoms with Gasteiger partial charge in [-0.2, -0.15) is 0 Å². The highest BCUT2D eigenvalue weighted by molar-refractivity contribution is 6.48. The van der Waals surface area contributed by atoms with E-state index < -0.39 is 5.60 Å². The van der Waals surface area contributed by atoms with Crippen LogP contribution in [0.5, 0.6) is 0 Å². The monoisotopic (exact) mass is 367 g/mol. The van der Waals surface area contributed by atoms with Crippen LogP contribution >= 0.6 is 0 Å². The van der Waals surface area contributed by atoms with Crippen molar-refractivity contribution in [3.63, 3.8) is 0 Å². The minimum Gasteiger partial charge on any atom is -0.444 e. The van der Waals surface area contributed by atoms with Gasteiger partial charge >= 0.3 is 13.2 Å². The van der Waals surface area contributed by atoms with Gasteiger partial charge in [0.25, 0.3) is 0 Å². The highest BCUT2D eigenvalue weighted by Crippen LogP contribution is 2.53. The summed E-state index contributed by atoms with van der Waals surface area (Å²) in [5.74, 6) is 0.125. The zero-order chi connectivity index (χ0) is 19.4. The number of nitrogens with zero attached hydrogens (tertiary/aromatic N) is 1. The molecule has 3 rings (SSSR count). The highest BCUT2D eigenvalue weighted by atomic mass is 16.7. The molecule has 0 aromatic carbocycles. The van der Waals surface area contributed by atoms with Gasteiger partial charge in [0.2, 0.25) is 0 Å². The van der Waals surface area contributed by atoms with Crippen molar-refractivity contribution in [2.75, 3.05) is 26.3 Å². The van der Waals surface area contributed by atoms with Crippen LogP contribution < -0.4 is 0 Å². The van der Waals surface area contributed by atoms with Gasteiger partial charge in [0, 0.05) is 32.1 Å². The van der Waals surface area contributed by atoms with Gasteiger partial charge in [-0.25, -0.2) is 4.79 Å². The van der Waals surface area contributed by atoms with Gasteiger partial charge in [0.15, 0.2) is 0 Å². The molecule has 3 heterocycles. The largest absolute Gasteiger partial charge is 0.463 e. The summed E-state index contributed by atoms with van der Waals surface area (Å²) in [6.07, 6.45) is 1.59. The molecular weight excluding hydrogens is 333 g/mol. The van der Waals surface area contributed by atoms with Gasteiger partial charge in [-0.3, -0.25) is 0 Å². The van der Waals surface area contributed by atoms with Crippen LogP contribution in [0.15, 0.2) is 0 Å². The van der Waals surface area contributed by atoms with Crippen LogP contribution in [-0.2, 0) is 18.8 Å². The first-order chi connectivity index (χ1) is 11.9. The molecule has 0 radical (unpaired) electrons. The molecule has 0 bridgehead atoms. The summed E-state index contributed by atoms with van der Waals surface area (Å²) in [7, 11) is -0.314. The predicted molar refractivity (Wildman–Crippen MR) is 100 cm³/mol. The molecule has 1 unspecified atom stereocenters. The lowest BCUT2D eigenvalue weighted by molar-refractivity contribution is 0.00578. The minimum absolute atomic E-state index is 0.0314. The first-order valence-corrected chi connectivity index (χ1v) is 9.77. The van der Waals surface area contributed by atoms with E-state index in [2.05, 4.69) is 27.7 Å². The molecule has 1 atom stereocenters. The van der Waals surface area contributed by atoms with E-state index in [0.717, 1.165) is 26.1 Å². The Hall–Kier alpha value is -0.785. The molecule has 3 fully saturated rings. The lowest BCUT2D eigenvalue weighted by atomic mass is 9.56. The van der Waals surface area contributed by atoms with E-state index in [4.69, 9.17) is 18.8 Å². The van der Waals surface area contributed by atoms with Gasteiger partial charge in [-0.1, -0.05) is 0 Å². The van der Waals surface area contributed by atoms with Crippen molar-refractivity contribution in [2.45, 2.75) is 83.9 Å². The first-order valence-electron chi connectivity index (χ1n) is 9.77. The number of carbonyl (C=O) groups excluding carboxylic acids is 1. The van der Waals surface area contributed by atoms with Crippen LogP contribution in [0.4, 0.5) is 4.79 Å². The van der Waals surface area contributed by atoms with E-state index in [1.54, 1.807) is 0 Å². The zero-order valence-electron chi connectivity index (χ0n) is 17.4. The maximum absolute atomic E-state index is 12.7. The van der Waals surface area contributed by atoms with E-state index in [1.165, 1.54) is 0 Å². The molecule has 148 valence electrons. The van der Waals surface area contributed by atoms with E-state index in [-0.39, 0.29) is 35.6 Å². The standard InChI is InChI=1S/C19H34BNO5/c1-16(2,3)24-15(22)21-12-14(19(13-21)8-10-23-11-9-19)20-25-17(4,5)18(6,7)26-20/h14H,8-13H2,1-7H3. The van der Waals surface area contributed by atoms with E-state index >= 15 is 0 Å². The molecule has 1 spiro atoms. The van der Waals surface area contributed by atoms with Crippen molar-refractivity contribution >= 4 is 13.2 Å². The van der Waals surface area contributed by atoms with Crippen molar-refractivity contribution < 1.29 is 23.6 Å². The Morgan fingerprint density at radius 1 is 1.08 bits per heavy atom. The number of ether oxygens (including phenoxy) is 2. The summed E-state index contributed by atoms with van der Waals surface area (Å²) in [5, 5.41) is 0. The SMILES string of the molecule is CC(C)(C)OC(=O)N1CC(B2OC(C)(C)C(C)(C)O2)C2(CCOCC2)C1. The Kier molecular flexibility index (Phi) is 4.90. The predicted octanol–water partition coefficient (Wildman–Crippen LogP) is 3.50. The number of carbonyl (C=O) groups is 1. The molecule has 1 amide bonds. The van der Waals surface area contributed by atoms with Crippen LogP contribution in [0.25, 0.3) is 0 Å². The molecule has 0 aromatic rings. The van der Waals surface area contributed by atoms with Crippen molar-refractivity contribution in [3.8, 4) is 0 Å². The van der Waals surface area contributed by atoms with Crippen molar-refractivity contribution in [1.29, 1.82) is 0 Å². The fraction of sp³-hybridized carbons (Fsp3) is 0.947. The van der Waals surface area contributed by atoms with Crippen molar-refractivity contribution in [1.82, 2.24) is 4.90 Å². The number of amides is 1. The number of likely N-dealkylation sites (tertiary alicyclic amines) is 1. The molecule has 6 nitrogen and oxygen atoms in total. The summed E-state index contributed by atoms with van der Waals surface area (Å²) >= 11 is 0. The van der Waals surface area contributed by atoms with Crippen LogP contribution in [-0.4, -0.2) is 61.2 Å². The molecule has 3 aliphatic heterocycles. The average molecular weight is 367 g/mol. The number of hydrogen-bond donors (Lipinski definition) is 0. The normalized spacial score (nSPS) is 30.0. The second-order valence-electron chi connectivity index (χ2n) is 10.1. The lowest BCUT2D eigenvalue weighted by Gasteiger charge is -2.38. The summed E-state index contributed by atoms with van der Waals surface area (Å²) in [5.41, 5.74) is -1.27. The molecule has 3 saturated heterocycles. The molecule has 0 aromatic heterocycles. The summed E-state index contributed by atoms with van der Waals surface area (Å²) in [6.45, 7) is 16.7. The molecular formula is C19H34BNO5. The van der Waals surface area contributed by atoms with Crippen molar-refractivity contribution in [3.05, 3.63) is 0 Å². The van der Waals surface area contributed by atoms with E-state index in [1.807, 2.05) is 25.7 Å². The fourth-order valence-corrected chi connectivity index (χ4v) is 4.19. The zero-order valence-corrected chi connectivity index (χ0v) is 17.4. The summed E-state index contributed by atoms with van der Waals surface area (Å²) in [6, 6.07) is 0. The summed E-state index contributed by atoms with van der Waals surface area (Å²) < 4.78 is 24.0.